The summed E-state index contributed by atoms with van der Waals surface area (Å²) in [7, 11) is 0. The molecular formula is C11H18N2S. The van der Waals surface area contributed by atoms with Gasteiger partial charge in [0.25, 0.3) is 0 Å². The lowest BCUT2D eigenvalue weighted by atomic mass is 9.99. The number of hydrazone groups is 1. The first-order chi connectivity index (χ1) is 6.67. The Morgan fingerprint density at radius 1 is 1.64 bits per heavy atom. The van der Waals surface area contributed by atoms with Crippen LogP contribution in [0.1, 0.15) is 35.6 Å². The van der Waals surface area contributed by atoms with Crippen molar-refractivity contribution in [3.05, 3.63) is 21.4 Å². The Labute approximate surface area is 89.8 Å². The second-order valence-electron chi connectivity index (χ2n) is 3.74. The van der Waals surface area contributed by atoms with E-state index in [2.05, 4.69) is 31.9 Å². The van der Waals surface area contributed by atoms with E-state index in [-0.39, 0.29) is 0 Å². The third kappa shape index (κ3) is 2.84. The Morgan fingerprint density at radius 2 is 2.36 bits per heavy atom. The summed E-state index contributed by atoms with van der Waals surface area (Å²) >= 11 is 1.76. The van der Waals surface area contributed by atoms with Gasteiger partial charge in [-0.1, -0.05) is 20.3 Å². The minimum Gasteiger partial charge on any atom is -0.323 e. The Bertz CT molecular complexity index is 315. The SMILES string of the molecule is CCC(C)Cc1cc(C)sc1/C=N\N. The van der Waals surface area contributed by atoms with E-state index in [4.69, 9.17) is 5.84 Å². The van der Waals surface area contributed by atoms with Crippen molar-refractivity contribution < 1.29 is 0 Å². The molecular weight excluding hydrogens is 192 g/mol. The van der Waals surface area contributed by atoms with Crippen LogP contribution < -0.4 is 5.84 Å². The van der Waals surface area contributed by atoms with E-state index in [1.165, 1.54) is 21.7 Å². The van der Waals surface area contributed by atoms with Crippen LogP contribution in [-0.2, 0) is 6.42 Å². The molecule has 1 rings (SSSR count). The van der Waals surface area contributed by atoms with Crippen LogP contribution in [0.3, 0.4) is 0 Å². The largest absolute Gasteiger partial charge is 0.323 e. The molecule has 0 radical (unpaired) electrons. The standard InChI is InChI=1S/C11H18N2S/c1-4-8(2)5-10-6-9(3)14-11(10)7-13-12/h6-8H,4-5,12H2,1-3H3/b13-7-. The molecule has 78 valence electrons. The molecule has 14 heavy (non-hydrogen) atoms. The van der Waals surface area contributed by atoms with Crippen LogP contribution >= 0.6 is 11.3 Å². The third-order valence-electron chi connectivity index (χ3n) is 2.42. The summed E-state index contributed by atoms with van der Waals surface area (Å²) in [6.45, 7) is 6.62. The average molecular weight is 210 g/mol. The van der Waals surface area contributed by atoms with E-state index in [9.17, 15) is 0 Å². The maximum atomic E-state index is 5.18. The zero-order valence-corrected chi connectivity index (χ0v) is 9.90. The Hall–Kier alpha value is -0.830. The van der Waals surface area contributed by atoms with Crippen molar-refractivity contribution in [3.8, 4) is 0 Å². The highest BCUT2D eigenvalue weighted by Gasteiger charge is 2.08. The van der Waals surface area contributed by atoms with Gasteiger partial charge in [0, 0.05) is 4.88 Å². The summed E-state index contributed by atoms with van der Waals surface area (Å²) in [5.41, 5.74) is 1.39. The van der Waals surface area contributed by atoms with E-state index in [1.54, 1.807) is 17.6 Å². The lowest BCUT2D eigenvalue weighted by Crippen LogP contribution is -1.99. The van der Waals surface area contributed by atoms with Gasteiger partial charge in [-0.2, -0.15) is 5.10 Å². The fourth-order valence-electron chi connectivity index (χ4n) is 1.44. The summed E-state index contributed by atoms with van der Waals surface area (Å²) in [5, 5.41) is 3.60. The first-order valence-electron chi connectivity index (χ1n) is 5.00. The first-order valence-corrected chi connectivity index (χ1v) is 5.81. The highest BCUT2D eigenvalue weighted by Crippen LogP contribution is 2.23. The normalized spacial score (nSPS) is 13.6. The summed E-state index contributed by atoms with van der Waals surface area (Å²) in [6.07, 6.45) is 4.10. The number of thiophene rings is 1. The summed E-state index contributed by atoms with van der Waals surface area (Å²) < 4.78 is 0. The molecule has 0 aliphatic rings. The van der Waals surface area contributed by atoms with Crippen molar-refractivity contribution >= 4 is 17.6 Å². The maximum absolute atomic E-state index is 5.18. The molecule has 0 fully saturated rings. The highest BCUT2D eigenvalue weighted by atomic mass is 32.1. The second kappa shape index (κ2) is 5.15. The van der Waals surface area contributed by atoms with Crippen LogP contribution in [0.25, 0.3) is 0 Å². The summed E-state index contributed by atoms with van der Waals surface area (Å²) in [4.78, 5) is 2.54. The minimum absolute atomic E-state index is 0.730. The fourth-order valence-corrected chi connectivity index (χ4v) is 2.38. The number of nitrogens with zero attached hydrogens (tertiary/aromatic N) is 1. The molecule has 3 heteroatoms. The van der Waals surface area contributed by atoms with E-state index in [0.717, 1.165) is 12.3 Å². The van der Waals surface area contributed by atoms with Gasteiger partial charge in [-0.3, -0.25) is 0 Å². The van der Waals surface area contributed by atoms with Crippen molar-refractivity contribution in [3.63, 3.8) is 0 Å². The van der Waals surface area contributed by atoms with Crippen LogP contribution in [-0.4, -0.2) is 6.21 Å². The van der Waals surface area contributed by atoms with E-state index in [1.807, 2.05) is 0 Å². The zero-order chi connectivity index (χ0) is 10.6. The smallest absolute Gasteiger partial charge is 0.0640 e. The van der Waals surface area contributed by atoms with Crippen molar-refractivity contribution in [2.45, 2.75) is 33.6 Å². The van der Waals surface area contributed by atoms with Crippen LogP contribution in [0.15, 0.2) is 11.2 Å². The molecule has 0 saturated carbocycles. The van der Waals surface area contributed by atoms with E-state index < -0.39 is 0 Å². The van der Waals surface area contributed by atoms with Gasteiger partial charge in [0.05, 0.1) is 11.1 Å². The molecule has 0 spiro atoms. The van der Waals surface area contributed by atoms with Gasteiger partial charge in [-0.15, -0.1) is 11.3 Å². The van der Waals surface area contributed by atoms with Gasteiger partial charge in [-0.25, -0.2) is 0 Å². The third-order valence-corrected chi connectivity index (χ3v) is 3.45. The minimum atomic E-state index is 0.730. The maximum Gasteiger partial charge on any atom is 0.0640 e. The molecule has 0 aromatic carbocycles. The molecule has 0 aliphatic carbocycles. The van der Waals surface area contributed by atoms with Gasteiger partial charge in [-0.05, 0) is 30.9 Å². The number of hydrogen-bond donors (Lipinski definition) is 1. The van der Waals surface area contributed by atoms with Gasteiger partial charge >= 0.3 is 0 Å². The van der Waals surface area contributed by atoms with E-state index >= 15 is 0 Å². The van der Waals surface area contributed by atoms with Crippen LogP contribution in [0, 0.1) is 12.8 Å². The average Bonchev–Trinajstić information content (AvgIpc) is 2.47. The second-order valence-corrected chi connectivity index (χ2v) is 5.03. The first kappa shape index (κ1) is 11.2. The molecule has 2 N–H and O–H groups in total. The number of hydrogen-bond acceptors (Lipinski definition) is 3. The highest BCUT2D eigenvalue weighted by molar-refractivity contribution is 7.13. The van der Waals surface area contributed by atoms with Crippen molar-refractivity contribution in [1.82, 2.24) is 0 Å². The van der Waals surface area contributed by atoms with Crippen molar-refractivity contribution in [2.75, 3.05) is 0 Å². The number of nitrogens with two attached hydrogens (primary N) is 1. The Balaban J connectivity index is 2.83. The zero-order valence-electron chi connectivity index (χ0n) is 9.08. The molecule has 0 saturated heterocycles. The molecule has 2 nitrogen and oxygen atoms in total. The topological polar surface area (TPSA) is 38.4 Å². The van der Waals surface area contributed by atoms with Crippen molar-refractivity contribution in [1.29, 1.82) is 0 Å². The molecule has 0 bridgehead atoms. The van der Waals surface area contributed by atoms with Gasteiger partial charge in [0.2, 0.25) is 0 Å². The van der Waals surface area contributed by atoms with Crippen LogP contribution in [0.5, 0.6) is 0 Å². The Kier molecular flexibility index (Phi) is 4.14. The molecule has 1 unspecified atom stereocenters. The van der Waals surface area contributed by atoms with Crippen LogP contribution in [0.4, 0.5) is 0 Å². The Morgan fingerprint density at radius 3 is 2.93 bits per heavy atom. The van der Waals surface area contributed by atoms with Crippen molar-refractivity contribution in [2.24, 2.45) is 16.9 Å². The summed E-state index contributed by atoms with van der Waals surface area (Å²) in [6, 6.07) is 2.24. The van der Waals surface area contributed by atoms with Gasteiger partial charge in [0.15, 0.2) is 0 Å². The molecule has 1 aromatic rings. The van der Waals surface area contributed by atoms with Gasteiger partial charge < -0.3 is 5.84 Å². The predicted octanol–water partition coefficient (Wildman–Crippen LogP) is 2.94. The lowest BCUT2D eigenvalue weighted by Gasteiger charge is -2.06. The van der Waals surface area contributed by atoms with Gasteiger partial charge in [0.1, 0.15) is 0 Å². The van der Waals surface area contributed by atoms with E-state index in [0.29, 0.717) is 0 Å². The lowest BCUT2D eigenvalue weighted by molar-refractivity contribution is 0.561. The monoisotopic (exact) mass is 210 g/mol. The fraction of sp³-hybridized carbons (Fsp3) is 0.545. The molecule has 0 amide bonds. The molecule has 1 aromatic heterocycles. The predicted molar refractivity (Wildman–Crippen MR) is 64.0 cm³/mol. The molecule has 1 atom stereocenters. The van der Waals surface area contributed by atoms with Crippen LogP contribution in [0.2, 0.25) is 0 Å². The summed E-state index contributed by atoms with van der Waals surface area (Å²) in [5.74, 6) is 5.91. The number of rotatable bonds is 4. The molecule has 1 heterocycles. The number of aryl methyl sites for hydroxylation is 1. The molecule has 0 aliphatic heterocycles. The quantitative estimate of drug-likeness (QED) is 0.463.